The van der Waals surface area contributed by atoms with Crippen molar-refractivity contribution >= 4 is 21.7 Å². The number of carbonyl (C=O) groups is 1. The number of hydrogen-bond donors (Lipinski definition) is 2. The van der Waals surface area contributed by atoms with E-state index in [2.05, 4.69) is 4.72 Å². The lowest BCUT2D eigenvalue weighted by molar-refractivity contribution is 0.0697. The van der Waals surface area contributed by atoms with Crippen molar-refractivity contribution in [2.45, 2.75) is 4.90 Å². The maximum atomic E-state index is 12.2. The molecule has 112 valence electrons. The molecule has 0 saturated heterocycles. The average Bonchev–Trinajstić information content (AvgIpc) is 2.85. The van der Waals surface area contributed by atoms with E-state index in [1.165, 1.54) is 37.6 Å². The van der Waals surface area contributed by atoms with Crippen molar-refractivity contribution in [3.63, 3.8) is 0 Å². The molecule has 2 rings (SSSR count). The summed E-state index contributed by atoms with van der Waals surface area (Å²) in [5.41, 5.74) is 0.0304. The molecule has 1 aromatic carbocycles. The summed E-state index contributed by atoms with van der Waals surface area (Å²) in [7, 11) is -0.741. The highest BCUT2D eigenvalue weighted by atomic mass is 32.2. The predicted molar refractivity (Wildman–Crippen MR) is 76.2 cm³/mol. The fraction of sp³-hybridized carbons (Fsp3) is 0.154. The van der Waals surface area contributed by atoms with Crippen molar-refractivity contribution in [1.29, 1.82) is 0 Å². The molecule has 2 N–H and O–H groups in total. The Morgan fingerprint density at radius 3 is 2.57 bits per heavy atom. The quantitative estimate of drug-likeness (QED) is 0.873. The van der Waals surface area contributed by atoms with Gasteiger partial charge in [-0.1, -0.05) is 0 Å². The van der Waals surface area contributed by atoms with Crippen molar-refractivity contribution in [2.24, 2.45) is 7.05 Å². The fourth-order valence-corrected chi connectivity index (χ4v) is 2.87. The number of aromatic carboxylic acids is 1. The van der Waals surface area contributed by atoms with Crippen molar-refractivity contribution in [2.75, 3.05) is 11.8 Å². The summed E-state index contributed by atoms with van der Waals surface area (Å²) in [5.74, 6) is -0.919. The first-order valence-electron chi connectivity index (χ1n) is 5.89. The number of ether oxygens (including phenoxy) is 1. The van der Waals surface area contributed by atoms with E-state index in [0.29, 0.717) is 0 Å². The molecule has 8 heteroatoms. The summed E-state index contributed by atoms with van der Waals surface area (Å²) in [6.45, 7) is 0. The van der Waals surface area contributed by atoms with Crippen LogP contribution in [0.15, 0.2) is 41.6 Å². The van der Waals surface area contributed by atoms with Crippen LogP contribution in [-0.2, 0) is 17.1 Å². The Morgan fingerprint density at radius 1 is 1.33 bits per heavy atom. The van der Waals surface area contributed by atoms with E-state index >= 15 is 0 Å². The van der Waals surface area contributed by atoms with Crippen LogP contribution < -0.4 is 9.46 Å². The van der Waals surface area contributed by atoms with Gasteiger partial charge >= 0.3 is 5.97 Å². The molecule has 0 amide bonds. The molecule has 0 spiro atoms. The minimum Gasteiger partial charge on any atom is -0.495 e. The molecule has 0 saturated carbocycles. The molecule has 0 aliphatic heterocycles. The van der Waals surface area contributed by atoms with Crippen molar-refractivity contribution < 1.29 is 23.1 Å². The first kappa shape index (κ1) is 14.9. The molecule has 0 atom stereocenters. The van der Waals surface area contributed by atoms with Crippen LogP contribution in [0.3, 0.4) is 0 Å². The number of aromatic nitrogens is 1. The molecule has 0 unspecified atom stereocenters. The first-order chi connectivity index (χ1) is 9.83. The molecule has 0 radical (unpaired) electrons. The van der Waals surface area contributed by atoms with E-state index in [9.17, 15) is 13.2 Å². The third-order valence-corrected chi connectivity index (χ3v) is 4.16. The number of methoxy groups -OCH3 is 1. The smallest absolute Gasteiger partial charge is 0.335 e. The van der Waals surface area contributed by atoms with E-state index in [1.54, 1.807) is 17.8 Å². The monoisotopic (exact) mass is 310 g/mol. The van der Waals surface area contributed by atoms with Crippen LogP contribution in [0.5, 0.6) is 5.75 Å². The highest BCUT2D eigenvalue weighted by Gasteiger charge is 2.18. The van der Waals surface area contributed by atoms with Gasteiger partial charge in [0.1, 0.15) is 10.6 Å². The van der Waals surface area contributed by atoms with Crippen LogP contribution in [0.25, 0.3) is 0 Å². The molecule has 1 aromatic heterocycles. The van der Waals surface area contributed by atoms with Gasteiger partial charge in [0.05, 0.1) is 18.4 Å². The minimum absolute atomic E-state index is 0.0402. The van der Waals surface area contributed by atoms with Gasteiger partial charge in [-0.25, -0.2) is 13.2 Å². The van der Waals surface area contributed by atoms with Crippen LogP contribution >= 0.6 is 0 Å². The van der Waals surface area contributed by atoms with Crippen LogP contribution in [0.4, 0.5) is 5.69 Å². The Morgan fingerprint density at radius 2 is 2.05 bits per heavy atom. The lowest BCUT2D eigenvalue weighted by Gasteiger charge is -2.11. The number of benzene rings is 1. The van der Waals surface area contributed by atoms with E-state index in [1.807, 2.05) is 0 Å². The Labute approximate surface area is 121 Å². The van der Waals surface area contributed by atoms with Gasteiger partial charge < -0.3 is 14.4 Å². The second-order valence-corrected chi connectivity index (χ2v) is 6.02. The summed E-state index contributed by atoms with van der Waals surface area (Å²) in [6, 6.07) is 5.38. The van der Waals surface area contributed by atoms with Crippen LogP contribution in [0.1, 0.15) is 10.4 Å². The number of carboxylic acid groups (broad SMARTS) is 1. The van der Waals surface area contributed by atoms with Crippen LogP contribution in [-0.4, -0.2) is 31.2 Å². The van der Waals surface area contributed by atoms with E-state index in [-0.39, 0.29) is 21.9 Å². The van der Waals surface area contributed by atoms with Crippen LogP contribution in [0, 0.1) is 0 Å². The second kappa shape index (κ2) is 5.49. The van der Waals surface area contributed by atoms with E-state index in [0.717, 1.165) is 0 Å². The Balaban J connectivity index is 2.42. The number of anilines is 1. The molecular formula is C13H14N2O5S. The third-order valence-electron chi connectivity index (χ3n) is 2.81. The van der Waals surface area contributed by atoms with Crippen LogP contribution in [0.2, 0.25) is 0 Å². The molecule has 21 heavy (non-hydrogen) atoms. The molecule has 7 nitrogen and oxygen atoms in total. The summed E-state index contributed by atoms with van der Waals surface area (Å²) >= 11 is 0. The number of hydrogen-bond acceptors (Lipinski definition) is 4. The lowest BCUT2D eigenvalue weighted by atomic mass is 10.2. The van der Waals surface area contributed by atoms with Gasteiger partial charge in [-0.05, 0) is 24.3 Å². The lowest BCUT2D eigenvalue weighted by Crippen LogP contribution is -2.13. The summed E-state index contributed by atoms with van der Waals surface area (Å²) < 4.78 is 33.4. The number of rotatable bonds is 5. The topological polar surface area (TPSA) is 97.6 Å². The minimum atomic E-state index is -3.81. The number of nitrogens with zero attached hydrogens (tertiary/aromatic N) is 1. The molecule has 0 bridgehead atoms. The predicted octanol–water partition coefficient (Wildman–Crippen LogP) is 1.53. The molecule has 0 fully saturated rings. The average molecular weight is 310 g/mol. The third kappa shape index (κ3) is 3.16. The standard InChI is InChI=1S/C13H14N2O5S/c1-15-6-5-10(8-15)21(18,19)14-11-7-9(13(16)17)3-4-12(11)20-2/h3-8,14H,1-2H3,(H,16,17). The Bertz CT molecular complexity index is 780. The van der Waals surface area contributed by atoms with Gasteiger partial charge in [-0.2, -0.15) is 0 Å². The molecule has 2 aromatic rings. The fourth-order valence-electron chi connectivity index (χ4n) is 1.76. The summed E-state index contributed by atoms with van der Waals surface area (Å²) in [4.78, 5) is 11.0. The highest BCUT2D eigenvalue weighted by Crippen LogP contribution is 2.28. The van der Waals surface area contributed by atoms with Gasteiger partial charge in [0, 0.05) is 19.4 Å². The first-order valence-corrected chi connectivity index (χ1v) is 7.38. The van der Waals surface area contributed by atoms with Gasteiger partial charge in [-0.3, -0.25) is 4.72 Å². The van der Waals surface area contributed by atoms with E-state index < -0.39 is 16.0 Å². The van der Waals surface area contributed by atoms with Gasteiger partial charge in [0.15, 0.2) is 0 Å². The zero-order valence-corrected chi connectivity index (χ0v) is 12.2. The Kier molecular flexibility index (Phi) is 3.90. The molecule has 0 aliphatic rings. The number of sulfonamides is 1. The maximum absolute atomic E-state index is 12.2. The van der Waals surface area contributed by atoms with Gasteiger partial charge in [-0.15, -0.1) is 0 Å². The zero-order valence-electron chi connectivity index (χ0n) is 11.4. The molecule has 0 aliphatic carbocycles. The zero-order chi connectivity index (χ0) is 15.6. The number of carboxylic acids is 1. The summed E-state index contributed by atoms with van der Waals surface area (Å²) in [6.07, 6.45) is 3.04. The number of aryl methyl sites for hydroxylation is 1. The Hall–Kier alpha value is -2.48. The SMILES string of the molecule is COc1ccc(C(=O)O)cc1NS(=O)(=O)c1ccn(C)c1. The van der Waals surface area contributed by atoms with E-state index in [4.69, 9.17) is 9.84 Å². The normalized spacial score (nSPS) is 11.1. The van der Waals surface area contributed by atoms with Crippen molar-refractivity contribution in [3.8, 4) is 5.75 Å². The largest absolute Gasteiger partial charge is 0.495 e. The number of nitrogens with one attached hydrogen (secondary N) is 1. The maximum Gasteiger partial charge on any atom is 0.335 e. The van der Waals surface area contributed by atoms with Crippen molar-refractivity contribution in [1.82, 2.24) is 4.57 Å². The summed E-state index contributed by atoms with van der Waals surface area (Å²) in [5, 5.41) is 8.97. The highest BCUT2D eigenvalue weighted by molar-refractivity contribution is 7.92. The second-order valence-electron chi connectivity index (χ2n) is 4.34. The van der Waals surface area contributed by atoms with Gasteiger partial charge in [0.2, 0.25) is 0 Å². The molecule has 1 heterocycles. The van der Waals surface area contributed by atoms with Gasteiger partial charge in [0.25, 0.3) is 10.0 Å². The molecular weight excluding hydrogens is 296 g/mol. The van der Waals surface area contributed by atoms with Crippen molar-refractivity contribution in [3.05, 3.63) is 42.2 Å².